The molecule has 6 heteroatoms. The lowest BCUT2D eigenvalue weighted by atomic mass is 10.0. The summed E-state index contributed by atoms with van der Waals surface area (Å²) >= 11 is 0. The van der Waals surface area contributed by atoms with Gasteiger partial charge in [-0.15, -0.1) is 0 Å². The van der Waals surface area contributed by atoms with Crippen LogP contribution in [0.5, 0.6) is 0 Å². The number of hydrogen-bond acceptors (Lipinski definition) is 4. The van der Waals surface area contributed by atoms with E-state index in [1.165, 1.54) is 0 Å². The second-order valence-corrected chi connectivity index (χ2v) is 5.56. The summed E-state index contributed by atoms with van der Waals surface area (Å²) in [6, 6.07) is 7.32. The van der Waals surface area contributed by atoms with Crippen LogP contribution in [-0.4, -0.2) is 34.2 Å². The van der Waals surface area contributed by atoms with Gasteiger partial charge in [-0.2, -0.15) is 5.26 Å². The molecule has 0 heterocycles. The molecule has 0 aliphatic heterocycles. The molecule has 0 bridgehead atoms. The molecule has 0 aliphatic rings. The van der Waals surface area contributed by atoms with Gasteiger partial charge < -0.3 is 15.5 Å². The van der Waals surface area contributed by atoms with Crippen molar-refractivity contribution < 1.29 is 19.8 Å². The molecule has 0 aliphatic carbocycles. The van der Waals surface area contributed by atoms with E-state index in [0.717, 1.165) is 0 Å². The third kappa shape index (κ3) is 5.54. The molecule has 6 nitrogen and oxygen atoms in total. The topological polar surface area (TPSA) is 110 Å². The van der Waals surface area contributed by atoms with Crippen LogP contribution in [0.1, 0.15) is 31.4 Å². The molecule has 1 aromatic carbocycles. The number of amides is 1. The summed E-state index contributed by atoms with van der Waals surface area (Å²) in [6.07, 6.45) is -0.862. The van der Waals surface area contributed by atoms with E-state index in [1.807, 2.05) is 19.9 Å². The molecule has 118 valence electrons. The Hall–Kier alpha value is -2.39. The number of aliphatic carboxylic acids is 1. The highest BCUT2D eigenvalue weighted by atomic mass is 16.4. The second-order valence-electron chi connectivity index (χ2n) is 5.56. The van der Waals surface area contributed by atoms with E-state index in [2.05, 4.69) is 5.32 Å². The van der Waals surface area contributed by atoms with Crippen LogP contribution in [0.15, 0.2) is 24.3 Å². The van der Waals surface area contributed by atoms with Crippen LogP contribution in [0.3, 0.4) is 0 Å². The number of rotatable bonds is 7. The summed E-state index contributed by atoms with van der Waals surface area (Å²) in [5.74, 6) is -1.73. The van der Waals surface area contributed by atoms with Crippen LogP contribution in [0, 0.1) is 17.2 Å². The fourth-order valence-electron chi connectivity index (χ4n) is 1.97. The lowest BCUT2D eigenvalue weighted by Gasteiger charge is -2.18. The average Bonchev–Trinajstić information content (AvgIpc) is 2.46. The molecule has 1 amide bonds. The number of nitrogens with one attached hydrogen (secondary N) is 1. The van der Waals surface area contributed by atoms with Crippen LogP contribution in [-0.2, 0) is 16.0 Å². The highest BCUT2D eigenvalue weighted by molar-refractivity contribution is 5.86. The Kier molecular flexibility index (Phi) is 6.54. The molecular weight excluding hydrogens is 284 g/mol. The first-order valence-corrected chi connectivity index (χ1v) is 7.03. The van der Waals surface area contributed by atoms with Gasteiger partial charge in [0.2, 0.25) is 5.91 Å². The van der Waals surface area contributed by atoms with Crippen molar-refractivity contribution >= 4 is 11.9 Å². The van der Waals surface area contributed by atoms with Crippen molar-refractivity contribution in [3.8, 4) is 6.07 Å². The van der Waals surface area contributed by atoms with Gasteiger partial charge in [0.25, 0.3) is 0 Å². The molecule has 3 N–H and O–H groups in total. The maximum absolute atomic E-state index is 11.8. The van der Waals surface area contributed by atoms with Crippen LogP contribution in [0.4, 0.5) is 0 Å². The summed E-state index contributed by atoms with van der Waals surface area (Å²) in [7, 11) is 0. The summed E-state index contributed by atoms with van der Waals surface area (Å²) in [4.78, 5) is 23.1. The monoisotopic (exact) mass is 304 g/mol. The maximum atomic E-state index is 11.8. The van der Waals surface area contributed by atoms with Gasteiger partial charge in [-0.3, -0.25) is 4.79 Å². The van der Waals surface area contributed by atoms with Gasteiger partial charge in [-0.05, 0) is 30.0 Å². The first kappa shape index (κ1) is 17.7. The molecule has 22 heavy (non-hydrogen) atoms. The minimum Gasteiger partial charge on any atom is -0.480 e. The van der Waals surface area contributed by atoms with Crippen molar-refractivity contribution in [3.63, 3.8) is 0 Å². The minimum absolute atomic E-state index is 0.0845. The summed E-state index contributed by atoms with van der Waals surface area (Å²) in [5, 5.41) is 30.0. The lowest BCUT2D eigenvalue weighted by Crippen LogP contribution is -2.46. The predicted octanol–water partition coefficient (Wildman–Crippen LogP) is 1.08. The Balaban J connectivity index is 2.71. The molecule has 1 rings (SSSR count). The van der Waals surface area contributed by atoms with Crippen molar-refractivity contribution in [2.24, 2.45) is 5.92 Å². The van der Waals surface area contributed by atoms with E-state index in [4.69, 9.17) is 5.26 Å². The van der Waals surface area contributed by atoms with Gasteiger partial charge in [0.05, 0.1) is 11.6 Å². The maximum Gasteiger partial charge on any atom is 0.326 e. The number of nitrogens with zero attached hydrogens (tertiary/aromatic N) is 1. The number of benzene rings is 1. The van der Waals surface area contributed by atoms with Crippen molar-refractivity contribution in [1.29, 1.82) is 5.26 Å². The van der Waals surface area contributed by atoms with Gasteiger partial charge in [0.1, 0.15) is 12.1 Å². The number of carbonyl (C=O) groups is 2. The zero-order valence-electron chi connectivity index (χ0n) is 12.6. The Morgan fingerprint density at radius 2 is 1.86 bits per heavy atom. The largest absolute Gasteiger partial charge is 0.480 e. The van der Waals surface area contributed by atoms with Gasteiger partial charge in [-0.25, -0.2) is 4.79 Å². The van der Waals surface area contributed by atoms with Crippen molar-refractivity contribution in [2.75, 3.05) is 0 Å². The summed E-state index contributed by atoms with van der Waals surface area (Å²) < 4.78 is 0. The molecule has 0 aromatic heterocycles. The van der Waals surface area contributed by atoms with E-state index in [-0.39, 0.29) is 18.8 Å². The van der Waals surface area contributed by atoms with E-state index in [9.17, 15) is 19.8 Å². The average molecular weight is 304 g/mol. The third-order valence-electron chi connectivity index (χ3n) is 3.13. The van der Waals surface area contributed by atoms with E-state index in [1.54, 1.807) is 24.3 Å². The number of hydrogen-bond donors (Lipinski definition) is 3. The van der Waals surface area contributed by atoms with Crippen LogP contribution < -0.4 is 5.32 Å². The van der Waals surface area contributed by atoms with E-state index >= 15 is 0 Å². The van der Waals surface area contributed by atoms with Gasteiger partial charge >= 0.3 is 5.97 Å². The molecule has 0 spiro atoms. The highest BCUT2D eigenvalue weighted by Crippen LogP contribution is 2.08. The number of carbonyl (C=O) groups excluding carboxylic acids is 1. The lowest BCUT2D eigenvalue weighted by molar-refractivity contribution is -0.143. The molecule has 0 fully saturated rings. The number of nitriles is 1. The molecule has 0 unspecified atom stereocenters. The van der Waals surface area contributed by atoms with Gasteiger partial charge in [-0.1, -0.05) is 26.0 Å². The molecule has 0 saturated heterocycles. The van der Waals surface area contributed by atoms with Crippen LogP contribution >= 0.6 is 0 Å². The number of aliphatic hydroxyl groups is 1. The SMILES string of the molecule is CC(C)C[C@@H](O)C(=O)N[C@H](Cc1ccc(C#N)cc1)C(=O)O. The third-order valence-corrected chi connectivity index (χ3v) is 3.13. The van der Waals surface area contributed by atoms with Gasteiger partial charge in [0.15, 0.2) is 0 Å². The van der Waals surface area contributed by atoms with Crippen LogP contribution in [0.2, 0.25) is 0 Å². The molecule has 0 radical (unpaired) electrons. The normalized spacial score (nSPS) is 13.2. The number of aliphatic hydroxyl groups excluding tert-OH is 1. The quantitative estimate of drug-likeness (QED) is 0.698. The zero-order valence-corrected chi connectivity index (χ0v) is 12.6. The smallest absolute Gasteiger partial charge is 0.326 e. The van der Waals surface area contributed by atoms with Crippen LogP contribution in [0.25, 0.3) is 0 Å². The molecule has 2 atom stereocenters. The Bertz CT molecular complexity index is 561. The molecular formula is C16H20N2O4. The van der Waals surface area contributed by atoms with Crippen molar-refractivity contribution in [2.45, 2.75) is 38.8 Å². The summed E-state index contributed by atoms with van der Waals surface area (Å²) in [6.45, 7) is 3.73. The Labute approximate surface area is 129 Å². The molecule has 1 aromatic rings. The Morgan fingerprint density at radius 1 is 1.27 bits per heavy atom. The van der Waals surface area contributed by atoms with Crippen molar-refractivity contribution in [3.05, 3.63) is 35.4 Å². The number of carboxylic acid groups (broad SMARTS) is 1. The predicted molar refractivity (Wildman–Crippen MR) is 79.9 cm³/mol. The fourth-order valence-corrected chi connectivity index (χ4v) is 1.97. The first-order valence-electron chi connectivity index (χ1n) is 7.03. The van der Waals surface area contributed by atoms with E-state index < -0.39 is 24.0 Å². The highest BCUT2D eigenvalue weighted by Gasteiger charge is 2.24. The first-order chi connectivity index (χ1) is 10.3. The number of carboxylic acids is 1. The fraction of sp³-hybridized carbons (Fsp3) is 0.438. The standard InChI is InChI=1S/C16H20N2O4/c1-10(2)7-14(19)15(20)18-13(16(21)22)8-11-3-5-12(9-17)6-4-11/h3-6,10,13-14,19H,7-8H2,1-2H3,(H,18,20)(H,21,22)/t13-,14-/m1/s1. The van der Waals surface area contributed by atoms with E-state index in [0.29, 0.717) is 11.1 Å². The summed E-state index contributed by atoms with van der Waals surface area (Å²) in [5.41, 5.74) is 1.16. The second kappa shape index (κ2) is 8.15. The molecule has 0 saturated carbocycles. The zero-order chi connectivity index (χ0) is 16.7. The van der Waals surface area contributed by atoms with Gasteiger partial charge in [0, 0.05) is 6.42 Å². The Morgan fingerprint density at radius 3 is 2.32 bits per heavy atom. The van der Waals surface area contributed by atoms with Crippen molar-refractivity contribution in [1.82, 2.24) is 5.32 Å². The minimum atomic E-state index is -1.22.